The molecule has 4 rings (SSSR count). The minimum atomic E-state index is -0.102. The van der Waals surface area contributed by atoms with E-state index in [1.165, 1.54) is 11.3 Å². The predicted molar refractivity (Wildman–Crippen MR) is 130 cm³/mol. The first-order chi connectivity index (χ1) is 16.4. The van der Waals surface area contributed by atoms with Gasteiger partial charge in [0.25, 0.3) is 0 Å². The molecule has 0 spiro atoms. The van der Waals surface area contributed by atoms with Crippen molar-refractivity contribution in [1.29, 1.82) is 0 Å². The topological polar surface area (TPSA) is 81.1 Å². The van der Waals surface area contributed by atoms with Gasteiger partial charge in [-0.2, -0.15) is 0 Å². The smallest absolute Gasteiger partial charge is 0.231 e. The second kappa shape index (κ2) is 11.1. The molecule has 0 fully saturated rings. The molecule has 1 aromatic heterocycles. The van der Waals surface area contributed by atoms with Crippen LogP contribution in [-0.4, -0.2) is 27.7 Å². The molecule has 0 atom stereocenters. The normalized spacial score (nSPS) is 12.3. The lowest BCUT2D eigenvalue weighted by atomic mass is 10.1. The van der Waals surface area contributed by atoms with E-state index in [9.17, 15) is 9.90 Å². The number of halogens is 1. The van der Waals surface area contributed by atoms with Crippen LogP contribution in [-0.2, 0) is 31.1 Å². The Morgan fingerprint density at radius 2 is 2.03 bits per heavy atom. The number of fused-ring (bicyclic) bond motifs is 1. The van der Waals surface area contributed by atoms with E-state index in [4.69, 9.17) is 25.8 Å². The lowest BCUT2D eigenvalue weighted by Crippen LogP contribution is -2.31. The SMILES string of the molecule is CC(C)CC(=O)N(Cc1ccc2c(c1)OCO2)Cc1cc(Cl)ccc1OCc1nc(CO)cs1. The minimum absolute atomic E-state index is 0.0473. The summed E-state index contributed by atoms with van der Waals surface area (Å²) >= 11 is 7.73. The zero-order valence-electron chi connectivity index (χ0n) is 19.1. The Bertz CT molecular complexity index is 1150. The molecule has 1 aliphatic rings. The third-order valence-electron chi connectivity index (χ3n) is 5.24. The van der Waals surface area contributed by atoms with Gasteiger partial charge in [-0.25, -0.2) is 4.98 Å². The first kappa shape index (κ1) is 24.3. The molecule has 0 aliphatic carbocycles. The van der Waals surface area contributed by atoms with Gasteiger partial charge in [-0.1, -0.05) is 31.5 Å². The maximum absolute atomic E-state index is 13.2. The van der Waals surface area contributed by atoms with Crippen molar-refractivity contribution < 1.29 is 24.1 Å². The molecule has 0 radical (unpaired) electrons. The number of carbonyl (C=O) groups excluding carboxylic acids is 1. The Morgan fingerprint density at radius 1 is 1.21 bits per heavy atom. The van der Waals surface area contributed by atoms with Crippen LogP contribution in [0.1, 0.15) is 42.1 Å². The first-order valence-corrected chi connectivity index (χ1v) is 12.3. The highest BCUT2D eigenvalue weighted by atomic mass is 35.5. The Kier molecular flexibility index (Phi) is 7.92. The van der Waals surface area contributed by atoms with Crippen molar-refractivity contribution in [2.24, 2.45) is 5.92 Å². The number of hydrogen-bond donors (Lipinski definition) is 1. The van der Waals surface area contributed by atoms with Crippen LogP contribution in [0.15, 0.2) is 41.8 Å². The molecule has 2 aromatic carbocycles. The van der Waals surface area contributed by atoms with E-state index in [0.717, 1.165) is 16.1 Å². The van der Waals surface area contributed by atoms with Crippen molar-refractivity contribution in [1.82, 2.24) is 9.88 Å². The summed E-state index contributed by atoms with van der Waals surface area (Å²) in [5.74, 6) is 2.31. The van der Waals surface area contributed by atoms with Crippen LogP contribution >= 0.6 is 22.9 Å². The van der Waals surface area contributed by atoms with E-state index in [-0.39, 0.29) is 31.8 Å². The highest BCUT2D eigenvalue weighted by Crippen LogP contribution is 2.33. The largest absolute Gasteiger partial charge is 0.486 e. The summed E-state index contributed by atoms with van der Waals surface area (Å²) in [6, 6.07) is 11.1. The van der Waals surface area contributed by atoms with Gasteiger partial charge in [0.1, 0.15) is 17.4 Å². The number of amides is 1. The summed E-state index contributed by atoms with van der Waals surface area (Å²) in [4.78, 5) is 19.3. The standard InChI is InChI=1S/C25H27ClN2O5S/c1-16(2)7-25(30)28(10-17-3-5-22-23(8-17)33-15-32-22)11-18-9-19(26)4-6-21(18)31-13-24-27-20(12-29)14-34-24/h3-6,8-9,14,16,29H,7,10-13,15H2,1-2H3. The number of aromatic nitrogens is 1. The van der Waals surface area contributed by atoms with E-state index in [1.807, 2.05) is 49.1 Å². The molecule has 2 heterocycles. The van der Waals surface area contributed by atoms with Crippen LogP contribution in [0.5, 0.6) is 17.2 Å². The number of aliphatic hydroxyl groups is 1. The van der Waals surface area contributed by atoms with Crippen molar-refractivity contribution in [2.45, 2.75) is 46.6 Å². The zero-order chi connectivity index (χ0) is 24.1. The van der Waals surface area contributed by atoms with Crippen LogP contribution in [0.3, 0.4) is 0 Å². The number of rotatable bonds is 10. The Hall–Kier alpha value is -2.81. The average molecular weight is 503 g/mol. The Morgan fingerprint density at radius 3 is 2.79 bits per heavy atom. The first-order valence-electron chi connectivity index (χ1n) is 11.0. The lowest BCUT2D eigenvalue weighted by molar-refractivity contribution is -0.133. The van der Waals surface area contributed by atoms with Gasteiger partial charge in [0.15, 0.2) is 11.5 Å². The van der Waals surface area contributed by atoms with E-state index < -0.39 is 0 Å². The summed E-state index contributed by atoms with van der Waals surface area (Å²) in [7, 11) is 0. The molecule has 34 heavy (non-hydrogen) atoms. The van der Waals surface area contributed by atoms with Crippen molar-refractivity contribution >= 4 is 28.8 Å². The molecule has 1 N–H and O–H groups in total. The van der Waals surface area contributed by atoms with E-state index in [0.29, 0.717) is 47.5 Å². The molecule has 0 unspecified atom stereocenters. The molecule has 3 aromatic rings. The number of ether oxygens (including phenoxy) is 3. The van der Waals surface area contributed by atoms with Gasteiger partial charge in [0.05, 0.1) is 12.3 Å². The maximum atomic E-state index is 13.2. The van der Waals surface area contributed by atoms with E-state index in [1.54, 1.807) is 11.4 Å². The fourth-order valence-electron chi connectivity index (χ4n) is 3.62. The van der Waals surface area contributed by atoms with Gasteiger partial charge in [-0.3, -0.25) is 4.79 Å². The number of nitrogens with zero attached hydrogens (tertiary/aromatic N) is 2. The third kappa shape index (κ3) is 6.20. The molecular weight excluding hydrogens is 476 g/mol. The van der Waals surface area contributed by atoms with E-state index in [2.05, 4.69) is 4.98 Å². The molecule has 7 nitrogen and oxygen atoms in total. The monoisotopic (exact) mass is 502 g/mol. The Labute approximate surface area is 207 Å². The number of hydrogen-bond acceptors (Lipinski definition) is 7. The van der Waals surface area contributed by atoms with Crippen LogP contribution in [0, 0.1) is 5.92 Å². The number of thiazole rings is 1. The van der Waals surface area contributed by atoms with Crippen LogP contribution in [0.25, 0.3) is 0 Å². The molecule has 9 heteroatoms. The second-order valence-corrected chi connectivity index (χ2v) is 9.85. The molecule has 0 bridgehead atoms. The predicted octanol–water partition coefficient (Wildman–Crippen LogP) is 5.17. The summed E-state index contributed by atoms with van der Waals surface area (Å²) in [5, 5.41) is 12.4. The fourth-order valence-corrected chi connectivity index (χ4v) is 4.51. The Balaban J connectivity index is 1.54. The van der Waals surface area contributed by atoms with Gasteiger partial charge in [0, 0.05) is 35.5 Å². The third-order valence-corrected chi connectivity index (χ3v) is 6.35. The zero-order valence-corrected chi connectivity index (χ0v) is 20.7. The van der Waals surface area contributed by atoms with Crippen LogP contribution in [0.2, 0.25) is 5.02 Å². The highest BCUT2D eigenvalue weighted by Gasteiger charge is 2.20. The van der Waals surface area contributed by atoms with Crippen molar-refractivity contribution in [3.05, 3.63) is 68.6 Å². The summed E-state index contributed by atoms with van der Waals surface area (Å²) in [5.41, 5.74) is 2.38. The number of carbonyl (C=O) groups is 1. The minimum Gasteiger partial charge on any atom is -0.486 e. The summed E-state index contributed by atoms with van der Waals surface area (Å²) < 4.78 is 16.9. The summed E-state index contributed by atoms with van der Waals surface area (Å²) in [6.45, 7) is 5.18. The van der Waals surface area contributed by atoms with Gasteiger partial charge >= 0.3 is 0 Å². The highest BCUT2D eigenvalue weighted by molar-refractivity contribution is 7.09. The van der Waals surface area contributed by atoms with E-state index >= 15 is 0 Å². The quantitative estimate of drug-likeness (QED) is 0.412. The van der Waals surface area contributed by atoms with Gasteiger partial charge in [-0.05, 0) is 41.8 Å². The van der Waals surface area contributed by atoms with Gasteiger partial charge < -0.3 is 24.2 Å². The number of benzene rings is 2. The maximum Gasteiger partial charge on any atom is 0.231 e. The van der Waals surface area contributed by atoms with Gasteiger partial charge in [-0.15, -0.1) is 11.3 Å². The van der Waals surface area contributed by atoms with Crippen LogP contribution in [0.4, 0.5) is 0 Å². The fraction of sp³-hybridized carbons (Fsp3) is 0.360. The van der Waals surface area contributed by atoms with Gasteiger partial charge in [0.2, 0.25) is 12.7 Å². The second-order valence-electron chi connectivity index (χ2n) is 8.47. The molecule has 0 saturated heterocycles. The van der Waals surface area contributed by atoms with Crippen molar-refractivity contribution in [3.8, 4) is 17.2 Å². The number of aliphatic hydroxyl groups excluding tert-OH is 1. The molecular formula is C25H27ClN2O5S. The molecule has 1 aliphatic heterocycles. The molecule has 0 saturated carbocycles. The van der Waals surface area contributed by atoms with Crippen molar-refractivity contribution in [3.63, 3.8) is 0 Å². The average Bonchev–Trinajstić information content (AvgIpc) is 3.46. The summed E-state index contributed by atoms with van der Waals surface area (Å²) in [6.07, 6.45) is 0.435. The molecule has 180 valence electrons. The molecule has 1 amide bonds. The lowest BCUT2D eigenvalue weighted by Gasteiger charge is -2.25. The van der Waals surface area contributed by atoms with Crippen molar-refractivity contribution in [2.75, 3.05) is 6.79 Å². The van der Waals surface area contributed by atoms with Crippen LogP contribution < -0.4 is 14.2 Å².